The van der Waals surface area contributed by atoms with Gasteiger partial charge in [0, 0.05) is 5.75 Å². The van der Waals surface area contributed by atoms with E-state index in [1.54, 1.807) is 11.8 Å². The molecule has 0 saturated heterocycles. The van der Waals surface area contributed by atoms with Gasteiger partial charge in [-0.3, -0.25) is 4.79 Å². The zero-order valence-corrected chi connectivity index (χ0v) is 17.0. The molecule has 1 heterocycles. The number of amides is 1. The Morgan fingerprint density at radius 3 is 2.61 bits per heavy atom. The third kappa shape index (κ3) is 4.40. The summed E-state index contributed by atoms with van der Waals surface area (Å²) in [5.41, 5.74) is 3.56. The lowest BCUT2D eigenvalue weighted by Crippen LogP contribution is -2.14. The van der Waals surface area contributed by atoms with Crippen molar-refractivity contribution >= 4 is 44.9 Å². The van der Waals surface area contributed by atoms with Gasteiger partial charge in [-0.2, -0.15) is 0 Å². The van der Waals surface area contributed by atoms with Gasteiger partial charge in [0.2, 0.25) is 11.0 Å². The normalized spacial score (nSPS) is 10.9. The minimum absolute atomic E-state index is 0.0806. The van der Waals surface area contributed by atoms with Gasteiger partial charge in [0.25, 0.3) is 0 Å². The fourth-order valence-electron chi connectivity index (χ4n) is 3.01. The molecule has 0 spiro atoms. The number of aromatic nitrogens is 2. The first-order valence-electron chi connectivity index (χ1n) is 8.96. The van der Waals surface area contributed by atoms with Crippen LogP contribution in [0, 0.1) is 6.92 Å². The lowest BCUT2D eigenvalue weighted by atomic mass is 10.0. The first-order chi connectivity index (χ1) is 13.7. The van der Waals surface area contributed by atoms with Crippen LogP contribution in [0.2, 0.25) is 0 Å². The minimum Gasteiger partial charge on any atom is -0.300 e. The van der Waals surface area contributed by atoms with Gasteiger partial charge in [0.1, 0.15) is 0 Å². The molecule has 0 aliphatic rings. The Hall–Kier alpha value is -2.70. The summed E-state index contributed by atoms with van der Waals surface area (Å²) >= 11 is 3.04. The van der Waals surface area contributed by atoms with E-state index in [0.29, 0.717) is 11.6 Å². The van der Waals surface area contributed by atoms with E-state index in [9.17, 15) is 4.79 Å². The molecule has 0 bridgehead atoms. The average molecular weight is 406 g/mol. The van der Waals surface area contributed by atoms with Gasteiger partial charge in [0.05, 0.1) is 6.42 Å². The standard InChI is InChI=1S/C22H19N3OS2/c1-15-7-2-3-9-18(15)14-27-22-25-24-21(28-22)23-20(26)13-17-11-6-10-16-8-4-5-12-19(16)17/h2-12H,13-14H2,1H3,(H,23,24,26). The van der Waals surface area contributed by atoms with Crippen LogP contribution in [-0.4, -0.2) is 16.1 Å². The van der Waals surface area contributed by atoms with Gasteiger partial charge in [0.15, 0.2) is 4.34 Å². The Balaban J connectivity index is 1.38. The van der Waals surface area contributed by atoms with Crippen molar-refractivity contribution in [2.75, 3.05) is 5.32 Å². The summed E-state index contributed by atoms with van der Waals surface area (Å²) in [4.78, 5) is 12.5. The molecule has 4 aromatic rings. The molecule has 0 atom stereocenters. The van der Waals surface area contributed by atoms with E-state index < -0.39 is 0 Å². The number of fused-ring (bicyclic) bond motifs is 1. The van der Waals surface area contributed by atoms with Crippen LogP contribution >= 0.6 is 23.1 Å². The second kappa shape index (κ2) is 8.54. The number of nitrogens with zero attached hydrogens (tertiary/aromatic N) is 2. The molecule has 28 heavy (non-hydrogen) atoms. The summed E-state index contributed by atoms with van der Waals surface area (Å²) in [6, 6.07) is 22.4. The van der Waals surface area contributed by atoms with Crippen molar-refractivity contribution in [3.05, 3.63) is 83.4 Å². The monoisotopic (exact) mass is 405 g/mol. The van der Waals surface area contributed by atoms with Gasteiger partial charge < -0.3 is 5.32 Å². The number of hydrogen-bond acceptors (Lipinski definition) is 5. The molecule has 0 aliphatic heterocycles. The van der Waals surface area contributed by atoms with E-state index in [-0.39, 0.29) is 5.91 Å². The number of rotatable bonds is 6. The maximum Gasteiger partial charge on any atom is 0.230 e. The van der Waals surface area contributed by atoms with Crippen LogP contribution in [0.4, 0.5) is 5.13 Å². The summed E-state index contributed by atoms with van der Waals surface area (Å²) in [6.45, 7) is 2.11. The predicted molar refractivity (Wildman–Crippen MR) is 117 cm³/mol. The molecule has 1 aromatic heterocycles. The van der Waals surface area contributed by atoms with Gasteiger partial charge in [-0.05, 0) is 34.4 Å². The number of aryl methyl sites for hydroxylation is 1. The predicted octanol–water partition coefficient (Wildman–Crippen LogP) is 5.47. The van der Waals surface area contributed by atoms with Gasteiger partial charge in [-0.1, -0.05) is 89.8 Å². The van der Waals surface area contributed by atoms with Gasteiger partial charge in [-0.15, -0.1) is 10.2 Å². The number of carbonyl (C=O) groups is 1. The summed E-state index contributed by atoms with van der Waals surface area (Å²) in [5, 5.41) is 14.0. The Kier molecular flexibility index (Phi) is 5.69. The topological polar surface area (TPSA) is 54.9 Å². The highest BCUT2D eigenvalue weighted by atomic mass is 32.2. The zero-order chi connectivity index (χ0) is 19.3. The molecular formula is C22H19N3OS2. The largest absolute Gasteiger partial charge is 0.300 e. The van der Waals surface area contributed by atoms with Crippen molar-refractivity contribution in [3.63, 3.8) is 0 Å². The molecule has 6 heteroatoms. The van der Waals surface area contributed by atoms with Crippen LogP contribution < -0.4 is 5.32 Å². The van der Waals surface area contributed by atoms with E-state index in [1.807, 2.05) is 42.5 Å². The molecule has 4 rings (SSSR count). The Morgan fingerprint density at radius 1 is 0.964 bits per heavy atom. The van der Waals surface area contributed by atoms with Gasteiger partial charge in [-0.25, -0.2) is 0 Å². The minimum atomic E-state index is -0.0806. The van der Waals surface area contributed by atoms with E-state index in [1.165, 1.54) is 22.5 Å². The van der Waals surface area contributed by atoms with Crippen molar-refractivity contribution in [1.82, 2.24) is 10.2 Å². The SMILES string of the molecule is Cc1ccccc1CSc1nnc(NC(=O)Cc2cccc3ccccc23)s1. The first-order valence-corrected chi connectivity index (χ1v) is 10.8. The maximum atomic E-state index is 12.5. The number of hydrogen-bond donors (Lipinski definition) is 1. The Morgan fingerprint density at radius 2 is 1.71 bits per heavy atom. The van der Waals surface area contributed by atoms with E-state index >= 15 is 0 Å². The van der Waals surface area contributed by atoms with Crippen molar-refractivity contribution in [3.8, 4) is 0 Å². The number of benzene rings is 3. The highest BCUT2D eigenvalue weighted by molar-refractivity contribution is 8.00. The van der Waals surface area contributed by atoms with E-state index in [0.717, 1.165) is 26.4 Å². The summed E-state index contributed by atoms with van der Waals surface area (Å²) in [6.07, 6.45) is 0.312. The second-order valence-corrected chi connectivity index (χ2v) is 8.65. The molecule has 140 valence electrons. The van der Waals surface area contributed by atoms with Crippen LogP contribution in [-0.2, 0) is 17.0 Å². The van der Waals surface area contributed by atoms with Crippen molar-refractivity contribution < 1.29 is 4.79 Å². The number of carbonyl (C=O) groups excluding carboxylic acids is 1. The molecule has 1 amide bonds. The van der Waals surface area contributed by atoms with Crippen molar-refractivity contribution in [2.24, 2.45) is 0 Å². The smallest absolute Gasteiger partial charge is 0.230 e. The van der Waals surface area contributed by atoms with Crippen LogP contribution in [0.15, 0.2) is 71.1 Å². The van der Waals surface area contributed by atoms with E-state index in [2.05, 4.69) is 46.7 Å². The molecule has 3 aromatic carbocycles. The lowest BCUT2D eigenvalue weighted by Gasteiger charge is -2.06. The molecule has 1 N–H and O–H groups in total. The average Bonchev–Trinajstić information content (AvgIpc) is 3.15. The lowest BCUT2D eigenvalue weighted by molar-refractivity contribution is -0.115. The fraction of sp³-hybridized carbons (Fsp3) is 0.136. The van der Waals surface area contributed by atoms with Crippen LogP contribution in [0.3, 0.4) is 0 Å². The first kappa shape index (κ1) is 18.7. The Bertz CT molecular complexity index is 1120. The third-order valence-corrected chi connectivity index (χ3v) is 6.52. The second-order valence-electron chi connectivity index (χ2n) is 6.45. The number of nitrogens with one attached hydrogen (secondary N) is 1. The highest BCUT2D eigenvalue weighted by Crippen LogP contribution is 2.29. The van der Waals surface area contributed by atoms with Crippen LogP contribution in [0.1, 0.15) is 16.7 Å². The molecular weight excluding hydrogens is 386 g/mol. The number of thioether (sulfide) groups is 1. The summed E-state index contributed by atoms with van der Waals surface area (Å²) < 4.78 is 0.851. The quantitative estimate of drug-likeness (QED) is 0.341. The zero-order valence-electron chi connectivity index (χ0n) is 15.4. The third-order valence-electron chi connectivity index (χ3n) is 4.50. The summed E-state index contributed by atoms with van der Waals surface area (Å²) in [5.74, 6) is 0.758. The van der Waals surface area contributed by atoms with Crippen LogP contribution in [0.25, 0.3) is 10.8 Å². The molecule has 0 saturated carbocycles. The highest BCUT2D eigenvalue weighted by Gasteiger charge is 2.11. The molecule has 0 unspecified atom stereocenters. The maximum absolute atomic E-state index is 12.5. The fourth-order valence-corrected chi connectivity index (χ4v) is 4.86. The van der Waals surface area contributed by atoms with Crippen molar-refractivity contribution in [1.29, 1.82) is 0 Å². The van der Waals surface area contributed by atoms with Gasteiger partial charge >= 0.3 is 0 Å². The molecule has 0 fully saturated rings. The van der Waals surface area contributed by atoms with Crippen molar-refractivity contribution in [2.45, 2.75) is 23.4 Å². The van der Waals surface area contributed by atoms with E-state index in [4.69, 9.17) is 0 Å². The molecule has 4 nitrogen and oxygen atoms in total. The molecule has 0 radical (unpaired) electrons. The Labute approximate surface area is 172 Å². The summed E-state index contributed by atoms with van der Waals surface area (Å²) in [7, 11) is 0. The van der Waals surface area contributed by atoms with Crippen LogP contribution in [0.5, 0.6) is 0 Å². The number of anilines is 1. The molecule has 0 aliphatic carbocycles.